The van der Waals surface area contributed by atoms with Crippen molar-refractivity contribution >= 4 is 0 Å². The van der Waals surface area contributed by atoms with E-state index in [1.807, 2.05) is 6.92 Å². The number of hydrogen-bond donors (Lipinski definition) is 2. The van der Waals surface area contributed by atoms with Crippen LogP contribution in [0.5, 0.6) is 0 Å². The van der Waals surface area contributed by atoms with Gasteiger partial charge in [0, 0.05) is 17.3 Å². The summed E-state index contributed by atoms with van der Waals surface area (Å²) >= 11 is 0. The van der Waals surface area contributed by atoms with E-state index in [1.54, 1.807) is 0 Å². The summed E-state index contributed by atoms with van der Waals surface area (Å²) in [7, 11) is 0. The van der Waals surface area contributed by atoms with Gasteiger partial charge < -0.3 is 19.7 Å². The first-order chi connectivity index (χ1) is 12.6. The lowest BCUT2D eigenvalue weighted by Gasteiger charge is -2.70. The van der Waals surface area contributed by atoms with E-state index in [0.717, 1.165) is 12.8 Å². The van der Waals surface area contributed by atoms with Gasteiger partial charge in [0.05, 0.1) is 30.5 Å². The fourth-order valence-electron chi connectivity index (χ4n) is 8.64. The highest BCUT2D eigenvalue weighted by atomic mass is 16.5. The lowest BCUT2D eigenvalue weighted by molar-refractivity contribution is -0.297. The molecule has 2 N–H and O–H groups in total. The zero-order valence-corrected chi connectivity index (χ0v) is 17.6. The predicted octanol–water partition coefficient (Wildman–Crippen LogP) is 3.17. The first kappa shape index (κ1) is 18.6. The molecule has 1 spiro atoms. The number of allylic oxidation sites excluding steroid dienone is 2. The van der Waals surface area contributed by atoms with Crippen LogP contribution < -0.4 is 0 Å². The Hall–Kier alpha value is -0.420. The number of rotatable bonds is 0. The molecular weight excluding hydrogens is 340 g/mol. The Bertz CT molecular complexity index is 690. The fraction of sp³-hybridized carbons (Fsp3) is 0.913. The van der Waals surface area contributed by atoms with Gasteiger partial charge in [0.1, 0.15) is 6.10 Å². The van der Waals surface area contributed by atoms with E-state index in [2.05, 4.69) is 40.7 Å². The Balaban J connectivity index is 1.74. The zero-order chi connectivity index (χ0) is 19.5. The predicted molar refractivity (Wildman–Crippen MR) is 103 cm³/mol. The monoisotopic (exact) mass is 376 g/mol. The van der Waals surface area contributed by atoms with Crippen LogP contribution >= 0.6 is 0 Å². The SMILES string of the molecule is CC1=CC(C)[C@@H](C)[C@@]2(C)[C@@H]1C[C@H]1OC(C)C[C@@H]3[C@]14CO[C@@]3(C)C(O)[C@H](O)[C@@H]24. The molecule has 5 rings (SSSR count). The molecule has 0 radical (unpaired) electrons. The molecule has 0 amide bonds. The summed E-state index contributed by atoms with van der Waals surface area (Å²) in [6.45, 7) is 14.1. The van der Waals surface area contributed by atoms with Crippen molar-refractivity contribution in [3.8, 4) is 0 Å². The molecule has 12 atom stereocenters. The lowest BCUT2D eigenvalue weighted by Crippen LogP contribution is -2.75. The van der Waals surface area contributed by atoms with Crippen LogP contribution in [0.3, 0.4) is 0 Å². The molecule has 2 saturated carbocycles. The van der Waals surface area contributed by atoms with Crippen molar-refractivity contribution in [2.45, 2.75) is 84.4 Å². The van der Waals surface area contributed by atoms with Gasteiger partial charge in [0.15, 0.2) is 0 Å². The summed E-state index contributed by atoms with van der Waals surface area (Å²) < 4.78 is 13.0. The molecule has 2 saturated heterocycles. The maximum Gasteiger partial charge on any atom is 0.109 e. The Morgan fingerprint density at radius 3 is 2.52 bits per heavy atom. The highest BCUT2D eigenvalue weighted by Gasteiger charge is 2.78. The van der Waals surface area contributed by atoms with Crippen molar-refractivity contribution in [2.24, 2.45) is 40.4 Å². The zero-order valence-electron chi connectivity index (χ0n) is 17.6. The topological polar surface area (TPSA) is 58.9 Å². The first-order valence-electron chi connectivity index (χ1n) is 10.9. The van der Waals surface area contributed by atoms with Gasteiger partial charge >= 0.3 is 0 Å². The Morgan fingerprint density at radius 1 is 1.11 bits per heavy atom. The third-order valence-electron chi connectivity index (χ3n) is 10.1. The van der Waals surface area contributed by atoms with E-state index in [9.17, 15) is 10.2 Å². The largest absolute Gasteiger partial charge is 0.390 e. The Kier molecular flexibility index (Phi) is 3.71. The van der Waals surface area contributed by atoms with Gasteiger partial charge in [-0.2, -0.15) is 0 Å². The van der Waals surface area contributed by atoms with Gasteiger partial charge in [-0.3, -0.25) is 0 Å². The van der Waals surface area contributed by atoms with Crippen molar-refractivity contribution in [1.29, 1.82) is 0 Å². The Morgan fingerprint density at radius 2 is 1.81 bits per heavy atom. The van der Waals surface area contributed by atoms with Crippen LogP contribution in [-0.2, 0) is 9.47 Å². The van der Waals surface area contributed by atoms with E-state index < -0.39 is 17.8 Å². The van der Waals surface area contributed by atoms with Crippen molar-refractivity contribution in [3.63, 3.8) is 0 Å². The smallest absolute Gasteiger partial charge is 0.109 e. The van der Waals surface area contributed by atoms with Crippen LogP contribution in [0.1, 0.15) is 54.4 Å². The molecule has 27 heavy (non-hydrogen) atoms. The van der Waals surface area contributed by atoms with Crippen LogP contribution in [0.25, 0.3) is 0 Å². The molecule has 0 aromatic heterocycles. The molecule has 0 aromatic rings. The van der Waals surface area contributed by atoms with Crippen LogP contribution in [0.15, 0.2) is 11.6 Å². The molecule has 4 fully saturated rings. The quantitative estimate of drug-likeness (QED) is 0.638. The molecule has 2 bridgehead atoms. The molecule has 152 valence electrons. The molecule has 4 heteroatoms. The average molecular weight is 377 g/mol. The van der Waals surface area contributed by atoms with Gasteiger partial charge in [0.25, 0.3) is 0 Å². The summed E-state index contributed by atoms with van der Waals surface area (Å²) in [6, 6.07) is 0. The minimum atomic E-state index is -0.835. The summed E-state index contributed by atoms with van der Waals surface area (Å²) in [6.07, 6.45) is 3.02. The summed E-state index contributed by atoms with van der Waals surface area (Å²) in [5.74, 6) is 1.55. The summed E-state index contributed by atoms with van der Waals surface area (Å²) in [4.78, 5) is 0. The van der Waals surface area contributed by atoms with Gasteiger partial charge in [-0.05, 0) is 56.8 Å². The minimum absolute atomic E-state index is 0.00192. The molecule has 2 aliphatic heterocycles. The molecule has 3 aliphatic carbocycles. The maximum absolute atomic E-state index is 11.5. The van der Waals surface area contributed by atoms with E-state index in [-0.39, 0.29) is 34.9 Å². The van der Waals surface area contributed by atoms with Crippen LogP contribution in [-0.4, -0.2) is 46.8 Å². The second-order valence-corrected chi connectivity index (χ2v) is 10.9. The number of fused-ring (bicyclic) bond motifs is 2. The molecule has 4 nitrogen and oxygen atoms in total. The molecular formula is C23H36O4. The third-order valence-corrected chi connectivity index (χ3v) is 10.1. The second-order valence-electron chi connectivity index (χ2n) is 10.9. The van der Waals surface area contributed by atoms with Gasteiger partial charge in [-0.15, -0.1) is 0 Å². The Labute approximate surface area is 163 Å². The highest BCUT2D eigenvalue weighted by Crippen LogP contribution is 2.73. The molecule has 0 aromatic carbocycles. The van der Waals surface area contributed by atoms with E-state index in [1.165, 1.54) is 5.57 Å². The van der Waals surface area contributed by atoms with Crippen LogP contribution in [0.2, 0.25) is 0 Å². The van der Waals surface area contributed by atoms with Crippen molar-refractivity contribution in [2.75, 3.05) is 6.61 Å². The van der Waals surface area contributed by atoms with Gasteiger partial charge in [-0.25, -0.2) is 0 Å². The first-order valence-corrected chi connectivity index (χ1v) is 10.9. The fourth-order valence-corrected chi connectivity index (χ4v) is 8.64. The number of hydrogen-bond acceptors (Lipinski definition) is 4. The van der Waals surface area contributed by atoms with Crippen LogP contribution in [0, 0.1) is 40.4 Å². The minimum Gasteiger partial charge on any atom is -0.390 e. The third kappa shape index (κ3) is 1.90. The van der Waals surface area contributed by atoms with Crippen molar-refractivity contribution in [1.82, 2.24) is 0 Å². The van der Waals surface area contributed by atoms with E-state index in [0.29, 0.717) is 24.4 Å². The second kappa shape index (κ2) is 5.38. The van der Waals surface area contributed by atoms with Gasteiger partial charge in [0.2, 0.25) is 0 Å². The number of aliphatic hydroxyl groups excluding tert-OH is 2. The van der Waals surface area contributed by atoms with Gasteiger partial charge in [-0.1, -0.05) is 32.4 Å². The maximum atomic E-state index is 11.5. The highest BCUT2D eigenvalue weighted by molar-refractivity contribution is 5.30. The number of aliphatic hydroxyl groups is 2. The lowest BCUT2D eigenvalue weighted by atomic mass is 9.36. The molecule has 5 aliphatic rings. The average Bonchev–Trinajstić information content (AvgIpc) is 2.86. The van der Waals surface area contributed by atoms with Crippen LogP contribution in [0.4, 0.5) is 0 Å². The normalized spacial score (nSPS) is 64.6. The van der Waals surface area contributed by atoms with Crippen molar-refractivity contribution in [3.05, 3.63) is 11.6 Å². The van der Waals surface area contributed by atoms with E-state index in [4.69, 9.17) is 9.47 Å². The molecule has 2 heterocycles. The van der Waals surface area contributed by atoms with Crippen molar-refractivity contribution < 1.29 is 19.7 Å². The van der Waals surface area contributed by atoms with E-state index >= 15 is 0 Å². The molecule has 3 unspecified atom stereocenters. The summed E-state index contributed by atoms with van der Waals surface area (Å²) in [5, 5.41) is 22.8. The standard InChI is InChI=1S/C23H36O4/c1-11-7-12(2)15-9-17-23-10-26-22(6,16(23)8-13(3)27-17)20(25)18(24)19(23)21(15,5)14(11)4/h7,11,13-20,24-25H,8-10H2,1-6H3/t11?,13?,14-,15-,16+,17-,18-,19+,20?,21+,22-,23-/m1/s1. The number of ether oxygens (including phenoxy) is 2. The summed E-state index contributed by atoms with van der Waals surface area (Å²) in [5.41, 5.74) is 0.526.